The summed E-state index contributed by atoms with van der Waals surface area (Å²) in [5.41, 5.74) is 1.22. The Balaban J connectivity index is 2.64. The third kappa shape index (κ3) is 4.14. The number of rotatable bonds is 5. The molecule has 4 nitrogen and oxygen atoms in total. The van der Waals surface area contributed by atoms with Crippen molar-refractivity contribution < 1.29 is 19.0 Å². The lowest BCUT2D eigenvalue weighted by Gasteiger charge is -2.08. The molecule has 0 radical (unpaired) electrons. The number of nitrogens with one attached hydrogen (secondary N) is 1. The predicted molar refractivity (Wildman–Crippen MR) is 62.8 cm³/mol. The Morgan fingerprint density at radius 1 is 1.59 bits per heavy atom. The lowest BCUT2D eigenvalue weighted by atomic mass is 10.2. The van der Waals surface area contributed by atoms with Gasteiger partial charge in [-0.05, 0) is 24.6 Å². The van der Waals surface area contributed by atoms with Crippen LogP contribution in [0.4, 0.5) is 10.1 Å². The molecule has 2 N–H and O–H groups in total. The van der Waals surface area contributed by atoms with Crippen LogP contribution in [0.2, 0.25) is 0 Å². The number of carboxylic acid groups (broad SMARTS) is 1. The Morgan fingerprint density at radius 2 is 2.29 bits per heavy atom. The molecule has 92 valence electrons. The van der Waals surface area contributed by atoms with E-state index in [4.69, 9.17) is 9.84 Å². The van der Waals surface area contributed by atoms with Crippen molar-refractivity contribution in [2.75, 3.05) is 19.0 Å². The molecule has 0 aliphatic carbocycles. The number of ether oxygens (including phenoxy) is 1. The molecule has 1 aromatic rings. The van der Waals surface area contributed by atoms with Crippen LogP contribution < -0.4 is 10.1 Å². The van der Waals surface area contributed by atoms with E-state index in [1.807, 2.05) is 0 Å². The zero-order valence-electron chi connectivity index (χ0n) is 9.66. The fraction of sp³-hybridized carbons (Fsp3) is 0.250. The van der Waals surface area contributed by atoms with Gasteiger partial charge in [-0.15, -0.1) is 0 Å². The highest BCUT2D eigenvalue weighted by atomic mass is 19.1. The van der Waals surface area contributed by atoms with Gasteiger partial charge in [0.15, 0.2) is 11.6 Å². The summed E-state index contributed by atoms with van der Waals surface area (Å²) in [6.07, 6.45) is 1.10. The molecule has 0 aromatic heterocycles. The van der Waals surface area contributed by atoms with Crippen LogP contribution >= 0.6 is 0 Å². The zero-order chi connectivity index (χ0) is 12.8. The molecule has 0 heterocycles. The lowest BCUT2D eigenvalue weighted by molar-refractivity contribution is -0.131. The number of hydrogen-bond acceptors (Lipinski definition) is 3. The topological polar surface area (TPSA) is 58.6 Å². The zero-order valence-corrected chi connectivity index (χ0v) is 9.66. The summed E-state index contributed by atoms with van der Waals surface area (Å²) < 4.78 is 18.1. The third-order valence-electron chi connectivity index (χ3n) is 2.09. The number of methoxy groups -OCH3 is 1. The van der Waals surface area contributed by atoms with Gasteiger partial charge in [-0.2, -0.15) is 0 Å². The summed E-state index contributed by atoms with van der Waals surface area (Å²) in [7, 11) is 1.39. The summed E-state index contributed by atoms with van der Waals surface area (Å²) in [5, 5.41) is 11.4. The summed E-state index contributed by atoms with van der Waals surface area (Å²) in [6, 6.07) is 4.47. The molecular formula is C12H14FNO3. The van der Waals surface area contributed by atoms with Crippen molar-refractivity contribution in [3.63, 3.8) is 0 Å². The first kappa shape index (κ1) is 13.0. The van der Waals surface area contributed by atoms with Crippen molar-refractivity contribution in [1.82, 2.24) is 0 Å². The first-order valence-electron chi connectivity index (χ1n) is 5.00. The Hall–Kier alpha value is -2.04. The van der Waals surface area contributed by atoms with E-state index >= 15 is 0 Å². The molecule has 0 bridgehead atoms. The van der Waals surface area contributed by atoms with E-state index in [0.717, 1.165) is 6.08 Å². The maximum absolute atomic E-state index is 13.3. The van der Waals surface area contributed by atoms with Gasteiger partial charge in [-0.3, -0.25) is 0 Å². The van der Waals surface area contributed by atoms with Crippen LogP contribution in [-0.4, -0.2) is 24.7 Å². The highest BCUT2D eigenvalue weighted by Crippen LogP contribution is 2.20. The predicted octanol–water partition coefficient (Wildman–Crippen LogP) is 2.28. The molecule has 1 rings (SSSR count). The standard InChI is InChI=1S/C12H14FNO3/c1-8(5-12(15)16)7-14-9-3-4-11(17-2)10(13)6-9/h3-6,14H,7H2,1-2H3,(H,15,16)/b8-5+. The molecule has 0 spiro atoms. The molecule has 1 aromatic carbocycles. The van der Waals surface area contributed by atoms with Crippen LogP contribution in [0, 0.1) is 5.82 Å². The molecule has 0 atom stereocenters. The van der Waals surface area contributed by atoms with Crippen LogP contribution in [0.5, 0.6) is 5.75 Å². The van der Waals surface area contributed by atoms with E-state index < -0.39 is 11.8 Å². The molecule has 0 saturated carbocycles. The van der Waals surface area contributed by atoms with Gasteiger partial charge in [0.1, 0.15) is 0 Å². The van der Waals surface area contributed by atoms with Crippen molar-refractivity contribution >= 4 is 11.7 Å². The summed E-state index contributed by atoms with van der Waals surface area (Å²) >= 11 is 0. The van der Waals surface area contributed by atoms with Gasteiger partial charge in [0, 0.05) is 24.4 Å². The van der Waals surface area contributed by atoms with Crippen molar-refractivity contribution in [2.24, 2.45) is 0 Å². The highest BCUT2D eigenvalue weighted by molar-refractivity contribution is 5.80. The van der Waals surface area contributed by atoms with Crippen LogP contribution in [-0.2, 0) is 4.79 Å². The van der Waals surface area contributed by atoms with E-state index in [2.05, 4.69) is 5.32 Å². The van der Waals surface area contributed by atoms with Gasteiger partial charge in [-0.1, -0.05) is 0 Å². The Kier molecular flexibility index (Phi) is 4.51. The summed E-state index contributed by atoms with van der Waals surface area (Å²) in [5.74, 6) is -1.28. The second-order valence-corrected chi connectivity index (χ2v) is 3.53. The monoisotopic (exact) mass is 239 g/mol. The first-order chi connectivity index (χ1) is 8.02. The van der Waals surface area contributed by atoms with Gasteiger partial charge in [-0.25, -0.2) is 9.18 Å². The molecule has 0 unspecified atom stereocenters. The van der Waals surface area contributed by atoms with E-state index in [9.17, 15) is 9.18 Å². The average molecular weight is 239 g/mol. The smallest absolute Gasteiger partial charge is 0.328 e. The molecular weight excluding hydrogens is 225 g/mol. The molecule has 0 aliphatic heterocycles. The maximum Gasteiger partial charge on any atom is 0.328 e. The molecule has 5 heteroatoms. The van der Waals surface area contributed by atoms with E-state index in [-0.39, 0.29) is 5.75 Å². The maximum atomic E-state index is 13.3. The summed E-state index contributed by atoms with van der Waals surface area (Å²) in [6.45, 7) is 2.03. The van der Waals surface area contributed by atoms with Gasteiger partial charge in [0.2, 0.25) is 0 Å². The van der Waals surface area contributed by atoms with Crippen molar-refractivity contribution in [1.29, 1.82) is 0 Å². The molecule has 0 aliphatic rings. The molecule has 17 heavy (non-hydrogen) atoms. The fourth-order valence-corrected chi connectivity index (χ4v) is 1.28. The Bertz CT molecular complexity index is 443. The SMILES string of the molecule is COc1ccc(NC/C(C)=C/C(=O)O)cc1F. The van der Waals surface area contributed by atoms with E-state index in [1.54, 1.807) is 13.0 Å². The number of halogens is 1. The first-order valence-corrected chi connectivity index (χ1v) is 5.00. The minimum absolute atomic E-state index is 0.174. The van der Waals surface area contributed by atoms with Gasteiger partial charge in [0.05, 0.1) is 7.11 Å². The van der Waals surface area contributed by atoms with Crippen molar-refractivity contribution in [3.05, 3.63) is 35.7 Å². The van der Waals surface area contributed by atoms with Crippen LogP contribution in [0.15, 0.2) is 29.8 Å². The number of carbonyl (C=O) groups is 1. The lowest BCUT2D eigenvalue weighted by Crippen LogP contribution is -2.05. The van der Waals surface area contributed by atoms with Crippen LogP contribution in [0.3, 0.4) is 0 Å². The Labute approximate surface area is 98.7 Å². The quantitative estimate of drug-likeness (QED) is 0.774. The Morgan fingerprint density at radius 3 is 2.82 bits per heavy atom. The number of benzene rings is 1. The second-order valence-electron chi connectivity index (χ2n) is 3.53. The molecule has 0 fully saturated rings. The highest BCUT2D eigenvalue weighted by Gasteiger charge is 2.03. The summed E-state index contributed by atoms with van der Waals surface area (Å²) in [4.78, 5) is 10.4. The van der Waals surface area contributed by atoms with Gasteiger partial charge < -0.3 is 15.2 Å². The van der Waals surface area contributed by atoms with Crippen molar-refractivity contribution in [3.8, 4) is 5.75 Å². The average Bonchev–Trinajstić information content (AvgIpc) is 2.25. The number of carboxylic acids is 1. The third-order valence-corrected chi connectivity index (χ3v) is 2.09. The minimum atomic E-state index is -0.995. The van der Waals surface area contributed by atoms with Gasteiger partial charge >= 0.3 is 5.97 Å². The van der Waals surface area contributed by atoms with Gasteiger partial charge in [0.25, 0.3) is 0 Å². The van der Waals surface area contributed by atoms with E-state index in [0.29, 0.717) is 17.8 Å². The van der Waals surface area contributed by atoms with Crippen LogP contribution in [0.25, 0.3) is 0 Å². The van der Waals surface area contributed by atoms with E-state index in [1.165, 1.54) is 19.2 Å². The largest absolute Gasteiger partial charge is 0.494 e. The van der Waals surface area contributed by atoms with Crippen molar-refractivity contribution in [2.45, 2.75) is 6.92 Å². The van der Waals surface area contributed by atoms with Crippen LogP contribution in [0.1, 0.15) is 6.92 Å². The molecule has 0 saturated heterocycles. The minimum Gasteiger partial charge on any atom is -0.494 e. The normalized spacial score (nSPS) is 11.1. The second kappa shape index (κ2) is 5.89. The molecule has 0 amide bonds. The number of hydrogen-bond donors (Lipinski definition) is 2. The number of aliphatic carboxylic acids is 1. The number of anilines is 1. The fourth-order valence-electron chi connectivity index (χ4n) is 1.28.